The fourth-order valence-corrected chi connectivity index (χ4v) is 4.37. The van der Waals surface area contributed by atoms with Crippen molar-refractivity contribution >= 4 is 5.91 Å². The number of rotatable bonds is 3. The molecule has 132 valence electrons. The number of hydrogen-bond donors (Lipinski definition) is 0. The monoisotopic (exact) mass is 339 g/mol. The van der Waals surface area contributed by atoms with Crippen LogP contribution in [0, 0.1) is 5.41 Å². The van der Waals surface area contributed by atoms with E-state index in [1.807, 2.05) is 35.0 Å². The predicted octanol–water partition coefficient (Wildman–Crippen LogP) is 1.94. The Kier molecular flexibility index (Phi) is 4.29. The second-order valence-electron chi connectivity index (χ2n) is 7.55. The van der Waals surface area contributed by atoms with Gasteiger partial charge in [-0.3, -0.25) is 19.4 Å². The summed E-state index contributed by atoms with van der Waals surface area (Å²) < 4.78 is 1.86. The third-order valence-corrected chi connectivity index (χ3v) is 5.54. The number of amides is 1. The lowest BCUT2D eigenvalue weighted by Gasteiger charge is -2.40. The number of hydrogen-bond acceptors (Lipinski definition) is 4. The Labute approximate surface area is 148 Å². The predicted molar refractivity (Wildman–Crippen MR) is 94.9 cm³/mol. The minimum atomic E-state index is 0.120. The molecule has 0 radical (unpaired) electrons. The normalized spacial score (nSPS) is 24.1. The number of aryl methyl sites for hydroxylation is 1. The van der Waals surface area contributed by atoms with Crippen molar-refractivity contribution in [2.24, 2.45) is 12.5 Å². The maximum absolute atomic E-state index is 12.7. The van der Waals surface area contributed by atoms with Crippen LogP contribution in [-0.2, 0) is 13.6 Å². The van der Waals surface area contributed by atoms with Crippen molar-refractivity contribution in [1.29, 1.82) is 0 Å². The van der Waals surface area contributed by atoms with Gasteiger partial charge in [-0.1, -0.05) is 0 Å². The number of pyridine rings is 1. The molecule has 1 spiro atoms. The first kappa shape index (κ1) is 16.3. The van der Waals surface area contributed by atoms with E-state index in [1.54, 1.807) is 12.4 Å². The molecule has 1 unspecified atom stereocenters. The zero-order valence-corrected chi connectivity index (χ0v) is 14.8. The van der Waals surface area contributed by atoms with Crippen LogP contribution >= 0.6 is 0 Å². The number of nitrogens with zero attached hydrogens (tertiary/aromatic N) is 5. The molecule has 4 rings (SSSR count). The molecule has 2 saturated heterocycles. The molecule has 0 saturated carbocycles. The minimum Gasteiger partial charge on any atom is -0.338 e. The Morgan fingerprint density at radius 2 is 2.16 bits per heavy atom. The molecule has 2 aliphatic heterocycles. The van der Waals surface area contributed by atoms with Gasteiger partial charge < -0.3 is 4.90 Å². The van der Waals surface area contributed by atoms with Gasteiger partial charge in [0.1, 0.15) is 0 Å². The third-order valence-electron chi connectivity index (χ3n) is 5.54. The second kappa shape index (κ2) is 6.59. The highest BCUT2D eigenvalue weighted by molar-refractivity contribution is 5.94. The van der Waals surface area contributed by atoms with E-state index < -0.39 is 0 Å². The van der Waals surface area contributed by atoms with E-state index in [0.717, 1.165) is 39.1 Å². The summed E-state index contributed by atoms with van der Waals surface area (Å²) in [4.78, 5) is 21.3. The van der Waals surface area contributed by atoms with Crippen molar-refractivity contribution in [1.82, 2.24) is 24.6 Å². The highest BCUT2D eigenvalue weighted by atomic mass is 16.2. The summed E-state index contributed by atoms with van der Waals surface area (Å²) in [5.74, 6) is 0.120. The molecular formula is C19H25N5O. The van der Waals surface area contributed by atoms with E-state index in [4.69, 9.17) is 0 Å². The molecule has 6 heteroatoms. The fraction of sp³-hybridized carbons (Fsp3) is 0.526. The molecule has 1 amide bonds. The lowest BCUT2D eigenvalue weighted by Crippen LogP contribution is -2.45. The Morgan fingerprint density at radius 1 is 1.24 bits per heavy atom. The molecule has 0 N–H and O–H groups in total. The van der Waals surface area contributed by atoms with Crippen LogP contribution < -0.4 is 0 Å². The van der Waals surface area contributed by atoms with Crippen molar-refractivity contribution in [3.05, 3.63) is 48.0 Å². The molecule has 2 fully saturated rings. The van der Waals surface area contributed by atoms with Gasteiger partial charge in [0.05, 0.1) is 11.8 Å². The summed E-state index contributed by atoms with van der Waals surface area (Å²) in [6.07, 6.45) is 10.9. The first-order chi connectivity index (χ1) is 12.1. The van der Waals surface area contributed by atoms with Crippen LogP contribution in [0.5, 0.6) is 0 Å². The van der Waals surface area contributed by atoms with Gasteiger partial charge in [0.15, 0.2) is 0 Å². The Hall–Kier alpha value is -2.21. The molecule has 25 heavy (non-hydrogen) atoms. The van der Waals surface area contributed by atoms with Crippen molar-refractivity contribution in [2.75, 3.05) is 26.2 Å². The maximum atomic E-state index is 12.7. The van der Waals surface area contributed by atoms with E-state index in [0.29, 0.717) is 5.56 Å². The van der Waals surface area contributed by atoms with E-state index in [-0.39, 0.29) is 11.3 Å². The number of likely N-dealkylation sites (tertiary alicyclic amines) is 2. The van der Waals surface area contributed by atoms with Gasteiger partial charge in [-0.05, 0) is 37.9 Å². The summed E-state index contributed by atoms with van der Waals surface area (Å²) in [7, 11) is 1.96. The summed E-state index contributed by atoms with van der Waals surface area (Å²) in [6.45, 7) is 4.87. The van der Waals surface area contributed by atoms with Crippen molar-refractivity contribution in [2.45, 2.75) is 25.8 Å². The van der Waals surface area contributed by atoms with Gasteiger partial charge in [-0.25, -0.2) is 0 Å². The first-order valence-electron chi connectivity index (χ1n) is 9.03. The lowest BCUT2D eigenvalue weighted by molar-refractivity contribution is 0.0675. The zero-order chi connectivity index (χ0) is 17.3. The van der Waals surface area contributed by atoms with Gasteiger partial charge in [0, 0.05) is 62.8 Å². The van der Waals surface area contributed by atoms with Gasteiger partial charge in [-0.15, -0.1) is 0 Å². The molecule has 0 aromatic carbocycles. The average molecular weight is 339 g/mol. The van der Waals surface area contributed by atoms with E-state index in [9.17, 15) is 4.79 Å². The second-order valence-corrected chi connectivity index (χ2v) is 7.55. The lowest BCUT2D eigenvalue weighted by atomic mass is 9.79. The van der Waals surface area contributed by atoms with Crippen LogP contribution in [0.3, 0.4) is 0 Å². The molecule has 0 bridgehead atoms. The Morgan fingerprint density at radius 3 is 2.92 bits per heavy atom. The van der Waals surface area contributed by atoms with Gasteiger partial charge in [0.2, 0.25) is 0 Å². The molecule has 2 aromatic heterocycles. The van der Waals surface area contributed by atoms with Gasteiger partial charge in [0.25, 0.3) is 5.91 Å². The fourth-order valence-electron chi connectivity index (χ4n) is 4.37. The summed E-state index contributed by atoms with van der Waals surface area (Å²) in [6, 6.07) is 3.69. The summed E-state index contributed by atoms with van der Waals surface area (Å²) >= 11 is 0. The van der Waals surface area contributed by atoms with Crippen LogP contribution in [-0.4, -0.2) is 56.7 Å². The largest absolute Gasteiger partial charge is 0.338 e. The van der Waals surface area contributed by atoms with Crippen LogP contribution in [0.1, 0.15) is 35.2 Å². The van der Waals surface area contributed by atoms with E-state index >= 15 is 0 Å². The smallest absolute Gasteiger partial charge is 0.255 e. The van der Waals surface area contributed by atoms with Crippen LogP contribution in [0.2, 0.25) is 0 Å². The van der Waals surface area contributed by atoms with Crippen molar-refractivity contribution < 1.29 is 4.79 Å². The highest BCUT2D eigenvalue weighted by Gasteiger charge is 2.42. The number of carbonyl (C=O) groups excluding carboxylic acids is 1. The molecule has 1 atom stereocenters. The average Bonchev–Trinajstić information content (AvgIpc) is 3.22. The van der Waals surface area contributed by atoms with Crippen LogP contribution in [0.25, 0.3) is 0 Å². The van der Waals surface area contributed by atoms with Crippen LogP contribution in [0.15, 0.2) is 36.9 Å². The SMILES string of the molecule is Cn1cc(CN2CCCC3(CCN(C(=O)c4cccnc4)C3)C2)cn1. The molecular weight excluding hydrogens is 314 g/mol. The van der Waals surface area contributed by atoms with Crippen molar-refractivity contribution in [3.8, 4) is 0 Å². The first-order valence-corrected chi connectivity index (χ1v) is 9.03. The third kappa shape index (κ3) is 3.44. The van der Waals surface area contributed by atoms with E-state index in [1.165, 1.54) is 18.4 Å². The zero-order valence-electron chi connectivity index (χ0n) is 14.8. The molecule has 0 aliphatic carbocycles. The quantitative estimate of drug-likeness (QED) is 0.858. The topological polar surface area (TPSA) is 54.3 Å². The number of carbonyl (C=O) groups is 1. The van der Waals surface area contributed by atoms with Crippen LogP contribution in [0.4, 0.5) is 0 Å². The molecule has 2 aliphatic rings. The number of aromatic nitrogens is 3. The highest BCUT2D eigenvalue weighted by Crippen LogP contribution is 2.39. The minimum absolute atomic E-state index is 0.120. The summed E-state index contributed by atoms with van der Waals surface area (Å²) in [5.41, 5.74) is 2.21. The van der Waals surface area contributed by atoms with Crippen molar-refractivity contribution in [3.63, 3.8) is 0 Å². The van der Waals surface area contributed by atoms with E-state index in [2.05, 4.69) is 21.2 Å². The summed E-state index contributed by atoms with van der Waals surface area (Å²) in [5, 5.41) is 4.27. The Balaban J connectivity index is 1.41. The molecule has 4 heterocycles. The number of piperidine rings is 1. The molecule has 2 aromatic rings. The molecule has 6 nitrogen and oxygen atoms in total. The van der Waals surface area contributed by atoms with Gasteiger partial charge >= 0.3 is 0 Å². The van der Waals surface area contributed by atoms with Gasteiger partial charge in [-0.2, -0.15) is 5.10 Å². The Bertz CT molecular complexity index is 743. The maximum Gasteiger partial charge on any atom is 0.255 e. The standard InChI is InChI=1S/C19H25N5O/c1-22-12-16(10-21-22)13-23-8-3-5-19(14-23)6-9-24(15-19)18(25)17-4-2-7-20-11-17/h2,4,7,10-12H,3,5-6,8-9,13-15H2,1H3.